The Balaban J connectivity index is 1.45. The highest BCUT2D eigenvalue weighted by atomic mass is 32.2. The third-order valence-corrected chi connectivity index (χ3v) is 5.97. The van der Waals surface area contributed by atoms with Gasteiger partial charge in [-0.25, -0.2) is 4.98 Å². The summed E-state index contributed by atoms with van der Waals surface area (Å²) >= 11 is 1.29. The van der Waals surface area contributed by atoms with Crippen molar-refractivity contribution in [1.29, 1.82) is 0 Å². The molecule has 0 fully saturated rings. The van der Waals surface area contributed by atoms with Gasteiger partial charge in [0.15, 0.2) is 5.16 Å². The van der Waals surface area contributed by atoms with Gasteiger partial charge in [0.25, 0.3) is 5.91 Å². The topological polar surface area (TPSA) is 107 Å². The van der Waals surface area contributed by atoms with Crippen molar-refractivity contribution in [2.75, 3.05) is 11.1 Å². The fourth-order valence-electron chi connectivity index (χ4n) is 3.28. The minimum Gasteiger partial charge on any atom is -0.338 e. The third-order valence-electron chi connectivity index (χ3n) is 4.94. The van der Waals surface area contributed by atoms with Crippen LogP contribution in [0.3, 0.4) is 0 Å². The van der Waals surface area contributed by atoms with E-state index in [-0.39, 0.29) is 17.6 Å². The highest BCUT2D eigenvalue weighted by Gasteiger charge is 2.21. The number of benzene rings is 2. The first-order valence-corrected chi connectivity index (χ1v) is 11.2. The summed E-state index contributed by atoms with van der Waals surface area (Å²) in [5, 5.41) is 14.3. The van der Waals surface area contributed by atoms with E-state index >= 15 is 0 Å². The fraction of sp³-hybridized carbons (Fsp3) is 0.174. The summed E-state index contributed by atoms with van der Waals surface area (Å²) in [5.41, 5.74) is 1.90. The Kier molecular flexibility index (Phi) is 6.84. The van der Waals surface area contributed by atoms with Gasteiger partial charge in [0.05, 0.1) is 5.75 Å². The molecule has 0 radical (unpaired) electrons. The van der Waals surface area contributed by atoms with Crippen molar-refractivity contribution in [1.82, 2.24) is 29.6 Å². The molecule has 9 nitrogen and oxygen atoms in total. The molecule has 2 heterocycles. The van der Waals surface area contributed by atoms with Crippen molar-refractivity contribution in [2.24, 2.45) is 14.1 Å². The predicted octanol–water partition coefficient (Wildman–Crippen LogP) is 2.80. The first kappa shape index (κ1) is 22.3. The van der Waals surface area contributed by atoms with Crippen molar-refractivity contribution < 1.29 is 9.59 Å². The van der Waals surface area contributed by atoms with Gasteiger partial charge in [0.1, 0.15) is 18.2 Å². The second kappa shape index (κ2) is 10.1. The largest absolute Gasteiger partial charge is 0.338 e. The summed E-state index contributed by atoms with van der Waals surface area (Å²) in [6.45, 7) is 0. The summed E-state index contributed by atoms with van der Waals surface area (Å²) in [7, 11) is 3.70. The fourth-order valence-corrected chi connectivity index (χ4v) is 3.97. The number of hydrogen-bond donors (Lipinski definition) is 2. The standard InChI is InChI=1S/C23H23N7O2S/c1-29-12-11-24-21(29)20(16-7-4-3-5-8-16)27-22(32)17-9-6-10-18(13-17)26-19(31)14-33-23-28-25-15-30(23)2/h3-13,15,20H,14H2,1-2H3,(H,26,31)(H,27,32). The lowest BCUT2D eigenvalue weighted by molar-refractivity contribution is -0.113. The van der Waals surface area contributed by atoms with Crippen LogP contribution in [0.5, 0.6) is 0 Å². The molecule has 2 N–H and O–H groups in total. The average molecular weight is 462 g/mol. The van der Waals surface area contributed by atoms with Crippen LogP contribution in [0.25, 0.3) is 0 Å². The molecule has 0 spiro atoms. The van der Waals surface area contributed by atoms with Crippen LogP contribution in [0, 0.1) is 0 Å². The van der Waals surface area contributed by atoms with Crippen LogP contribution in [0.2, 0.25) is 0 Å². The van der Waals surface area contributed by atoms with Gasteiger partial charge in [-0.2, -0.15) is 0 Å². The molecule has 0 aliphatic rings. The molecule has 4 aromatic rings. The highest BCUT2D eigenvalue weighted by molar-refractivity contribution is 7.99. The van der Waals surface area contributed by atoms with Crippen molar-refractivity contribution in [3.8, 4) is 0 Å². The molecular formula is C23H23N7O2S. The number of rotatable bonds is 8. The number of hydrogen-bond acceptors (Lipinski definition) is 6. The van der Waals surface area contributed by atoms with Crippen LogP contribution >= 0.6 is 11.8 Å². The van der Waals surface area contributed by atoms with Gasteiger partial charge in [-0.05, 0) is 23.8 Å². The van der Waals surface area contributed by atoms with E-state index in [9.17, 15) is 9.59 Å². The second-order valence-corrected chi connectivity index (χ2v) is 8.30. The maximum Gasteiger partial charge on any atom is 0.252 e. The first-order valence-electron chi connectivity index (χ1n) is 10.2. The van der Waals surface area contributed by atoms with E-state index < -0.39 is 6.04 Å². The lowest BCUT2D eigenvalue weighted by Gasteiger charge is -2.19. The molecule has 0 saturated carbocycles. The number of amides is 2. The molecule has 1 unspecified atom stereocenters. The molecule has 0 aliphatic heterocycles. The summed E-state index contributed by atoms with van der Waals surface area (Å²) in [4.78, 5) is 29.9. The van der Waals surface area contributed by atoms with Gasteiger partial charge in [-0.15, -0.1) is 10.2 Å². The zero-order valence-corrected chi connectivity index (χ0v) is 19.0. The number of aryl methyl sites for hydroxylation is 2. The maximum absolute atomic E-state index is 13.1. The molecule has 0 saturated heterocycles. The van der Waals surface area contributed by atoms with Gasteiger partial charge in [0, 0.05) is 37.7 Å². The molecule has 168 valence electrons. The van der Waals surface area contributed by atoms with Crippen LogP contribution in [-0.4, -0.2) is 41.9 Å². The van der Waals surface area contributed by atoms with E-state index in [1.165, 1.54) is 11.8 Å². The molecule has 10 heteroatoms. The minimum atomic E-state index is -0.417. The Hall–Kier alpha value is -3.92. The Morgan fingerprint density at radius 3 is 2.58 bits per heavy atom. The van der Waals surface area contributed by atoms with Crippen molar-refractivity contribution in [3.63, 3.8) is 0 Å². The second-order valence-electron chi connectivity index (χ2n) is 7.36. The van der Waals surface area contributed by atoms with Crippen LogP contribution in [-0.2, 0) is 18.9 Å². The minimum absolute atomic E-state index is 0.179. The highest BCUT2D eigenvalue weighted by Crippen LogP contribution is 2.21. The Labute approximate surface area is 195 Å². The van der Waals surface area contributed by atoms with E-state index in [1.54, 1.807) is 41.4 Å². The quantitative estimate of drug-likeness (QED) is 0.391. The van der Waals surface area contributed by atoms with E-state index in [4.69, 9.17) is 0 Å². The SMILES string of the molecule is Cn1cnnc1SCC(=O)Nc1cccc(C(=O)NC(c2ccccc2)c2nccn2C)c1. The summed E-state index contributed by atoms with van der Waals surface area (Å²) < 4.78 is 3.62. The zero-order chi connectivity index (χ0) is 23.2. The Morgan fingerprint density at radius 1 is 1.06 bits per heavy atom. The summed E-state index contributed by atoms with van der Waals surface area (Å²) in [5.74, 6) is 0.435. The number of imidazole rings is 1. The smallest absolute Gasteiger partial charge is 0.252 e. The molecule has 2 aromatic heterocycles. The Morgan fingerprint density at radius 2 is 1.88 bits per heavy atom. The van der Waals surface area contributed by atoms with E-state index in [0.29, 0.717) is 16.4 Å². The van der Waals surface area contributed by atoms with Gasteiger partial charge in [-0.3, -0.25) is 9.59 Å². The molecule has 2 aromatic carbocycles. The lowest BCUT2D eigenvalue weighted by atomic mass is 10.1. The van der Waals surface area contributed by atoms with Gasteiger partial charge in [-0.1, -0.05) is 48.2 Å². The van der Waals surface area contributed by atoms with Crippen LogP contribution in [0.1, 0.15) is 27.8 Å². The Bertz CT molecular complexity index is 1250. The number of carbonyl (C=O) groups is 2. The molecule has 0 bridgehead atoms. The van der Waals surface area contributed by atoms with E-state index in [1.807, 2.05) is 55.2 Å². The number of thioether (sulfide) groups is 1. The van der Waals surface area contributed by atoms with Gasteiger partial charge >= 0.3 is 0 Å². The lowest BCUT2D eigenvalue weighted by Crippen LogP contribution is -2.31. The molecule has 2 amide bonds. The van der Waals surface area contributed by atoms with Crippen LogP contribution in [0.15, 0.2) is 78.5 Å². The van der Waals surface area contributed by atoms with E-state index in [0.717, 1.165) is 11.4 Å². The summed E-state index contributed by atoms with van der Waals surface area (Å²) in [6.07, 6.45) is 5.12. The zero-order valence-electron chi connectivity index (χ0n) is 18.2. The molecule has 1 atom stereocenters. The van der Waals surface area contributed by atoms with Gasteiger partial charge in [0.2, 0.25) is 5.91 Å². The maximum atomic E-state index is 13.1. The van der Waals surface area contributed by atoms with E-state index in [2.05, 4.69) is 25.8 Å². The van der Waals surface area contributed by atoms with Crippen molar-refractivity contribution in [2.45, 2.75) is 11.2 Å². The molecular weight excluding hydrogens is 438 g/mol. The molecule has 4 rings (SSSR count). The normalized spacial score (nSPS) is 11.7. The predicted molar refractivity (Wildman–Crippen MR) is 126 cm³/mol. The number of aromatic nitrogens is 5. The summed E-state index contributed by atoms with van der Waals surface area (Å²) in [6, 6.07) is 16.1. The van der Waals surface area contributed by atoms with Gasteiger partial charge < -0.3 is 19.8 Å². The number of carbonyl (C=O) groups excluding carboxylic acids is 2. The number of anilines is 1. The molecule has 33 heavy (non-hydrogen) atoms. The van der Waals surface area contributed by atoms with Crippen LogP contribution in [0.4, 0.5) is 5.69 Å². The number of nitrogens with zero attached hydrogens (tertiary/aromatic N) is 5. The van der Waals surface area contributed by atoms with Crippen LogP contribution < -0.4 is 10.6 Å². The third kappa shape index (κ3) is 5.47. The monoisotopic (exact) mass is 461 g/mol. The van der Waals surface area contributed by atoms with Crippen molar-refractivity contribution >= 4 is 29.3 Å². The molecule has 0 aliphatic carbocycles. The number of nitrogens with one attached hydrogen (secondary N) is 2. The first-order chi connectivity index (χ1) is 16.0. The van der Waals surface area contributed by atoms with Crippen molar-refractivity contribution in [3.05, 3.63) is 90.3 Å². The average Bonchev–Trinajstić information content (AvgIpc) is 3.44.